The third-order valence-corrected chi connectivity index (χ3v) is 3.52. The fourth-order valence-electron chi connectivity index (χ4n) is 1.24. The van der Waals surface area contributed by atoms with Crippen molar-refractivity contribution >= 4 is 43.5 Å². The van der Waals surface area contributed by atoms with Gasteiger partial charge in [-0.15, -0.1) is 0 Å². The van der Waals surface area contributed by atoms with Crippen LogP contribution in [0.15, 0.2) is 39.5 Å². The van der Waals surface area contributed by atoms with Crippen molar-refractivity contribution in [1.29, 1.82) is 0 Å². The zero-order chi connectivity index (χ0) is 11.5. The van der Waals surface area contributed by atoms with Crippen LogP contribution in [0.2, 0.25) is 0 Å². The highest BCUT2D eigenvalue weighted by Crippen LogP contribution is 2.27. The molecule has 0 saturated heterocycles. The van der Waals surface area contributed by atoms with Gasteiger partial charge in [0, 0.05) is 16.9 Å². The van der Waals surface area contributed by atoms with Gasteiger partial charge in [0.05, 0.1) is 10.2 Å². The van der Waals surface area contributed by atoms with Crippen LogP contribution in [0, 0.1) is 6.92 Å². The van der Waals surface area contributed by atoms with Crippen LogP contribution in [-0.4, -0.2) is 9.97 Å². The smallest absolute Gasteiger partial charge is 0.227 e. The molecule has 0 aliphatic rings. The zero-order valence-electron chi connectivity index (χ0n) is 8.54. The lowest BCUT2D eigenvalue weighted by molar-refractivity contribution is 1.15. The molecule has 5 heteroatoms. The third kappa shape index (κ3) is 2.59. The Morgan fingerprint density at radius 1 is 1.12 bits per heavy atom. The van der Waals surface area contributed by atoms with Crippen molar-refractivity contribution in [2.45, 2.75) is 6.92 Å². The number of hydrogen-bond donors (Lipinski definition) is 1. The van der Waals surface area contributed by atoms with Gasteiger partial charge in [-0.2, -0.15) is 0 Å². The number of aryl methyl sites for hydroxylation is 1. The summed E-state index contributed by atoms with van der Waals surface area (Å²) in [5, 5.41) is 3.15. The summed E-state index contributed by atoms with van der Waals surface area (Å²) in [4.78, 5) is 8.31. The lowest BCUT2D eigenvalue weighted by Crippen LogP contribution is -1.97. The fraction of sp³-hybridized carbons (Fsp3) is 0.0909. The lowest BCUT2D eigenvalue weighted by Gasteiger charge is -2.08. The fourth-order valence-corrected chi connectivity index (χ4v) is 1.81. The Balaban J connectivity index is 2.27. The molecule has 1 aromatic carbocycles. The Bertz CT molecular complexity index is 497. The molecule has 16 heavy (non-hydrogen) atoms. The molecule has 3 nitrogen and oxygen atoms in total. The molecular weight excluding hydrogens is 334 g/mol. The molecule has 2 aromatic rings. The molecule has 0 saturated carbocycles. The highest BCUT2D eigenvalue weighted by Gasteiger charge is 2.03. The number of nitrogens with one attached hydrogen (secondary N) is 1. The second-order valence-electron chi connectivity index (χ2n) is 3.29. The maximum atomic E-state index is 4.15. The monoisotopic (exact) mass is 341 g/mol. The minimum Gasteiger partial charge on any atom is -0.323 e. The molecule has 0 spiro atoms. The molecule has 0 aliphatic carbocycles. The molecular formula is C11H9Br2N3. The first-order valence-corrected chi connectivity index (χ1v) is 6.25. The molecule has 0 radical (unpaired) electrons. The Morgan fingerprint density at radius 2 is 1.81 bits per heavy atom. The average molecular weight is 343 g/mol. The van der Waals surface area contributed by atoms with E-state index in [0.29, 0.717) is 5.95 Å². The van der Waals surface area contributed by atoms with Crippen molar-refractivity contribution in [2.75, 3.05) is 5.32 Å². The van der Waals surface area contributed by atoms with Gasteiger partial charge in [0.2, 0.25) is 5.95 Å². The van der Waals surface area contributed by atoms with E-state index in [0.717, 1.165) is 14.6 Å². The van der Waals surface area contributed by atoms with Crippen LogP contribution in [0.5, 0.6) is 0 Å². The zero-order valence-corrected chi connectivity index (χ0v) is 11.7. The quantitative estimate of drug-likeness (QED) is 0.894. The van der Waals surface area contributed by atoms with Gasteiger partial charge < -0.3 is 5.32 Å². The summed E-state index contributed by atoms with van der Waals surface area (Å²) >= 11 is 6.82. The first-order valence-electron chi connectivity index (χ1n) is 4.66. The van der Waals surface area contributed by atoms with Gasteiger partial charge in [-0.25, -0.2) is 9.97 Å². The Labute approximate surface area is 111 Å². The molecule has 0 unspecified atom stereocenters. The van der Waals surface area contributed by atoms with Crippen molar-refractivity contribution in [3.63, 3.8) is 0 Å². The summed E-state index contributed by atoms with van der Waals surface area (Å²) in [5.41, 5.74) is 2.13. The van der Waals surface area contributed by atoms with E-state index in [2.05, 4.69) is 47.1 Å². The van der Waals surface area contributed by atoms with Crippen molar-refractivity contribution in [3.8, 4) is 0 Å². The number of anilines is 2. The Morgan fingerprint density at radius 3 is 2.50 bits per heavy atom. The van der Waals surface area contributed by atoms with Gasteiger partial charge in [-0.1, -0.05) is 12.1 Å². The van der Waals surface area contributed by atoms with Crippen LogP contribution in [0.3, 0.4) is 0 Å². The summed E-state index contributed by atoms with van der Waals surface area (Å²) in [5.74, 6) is 0.578. The molecule has 0 fully saturated rings. The average Bonchev–Trinajstić information content (AvgIpc) is 2.28. The van der Waals surface area contributed by atoms with Crippen LogP contribution in [-0.2, 0) is 0 Å². The number of aromatic nitrogens is 2. The van der Waals surface area contributed by atoms with Gasteiger partial charge >= 0.3 is 0 Å². The largest absolute Gasteiger partial charge is 0.323 e. The normalized spacial score (nSPS) is 10.2. The number of hydrogen-bond acceptors (Lipinski definition) is 3. The third-order valence-electron chi connectivity index (χ3n) is 2.06. The van der Waals surface area contributed by atoms with Crippen molar-refractivity contribution < 1.29 is 0 Å². The van der Waals surface area contributed by atoms with E-state index < -0.39 is 0 Å². The van der Waals surface area contributed by atoms with Gasteiger partial charge in [-0.3, -0.25) is 0 Å². The summed E-state index contributed by atoms with van der Waals surface area (Å²) in [6.07, 6.45) is 3.41. The van der Waals surface area contributed by atoms with Crippen LogP contribution < -0.4 is 5.32 Å². The maximum absolute atomic E-state index is 4.15. The molecule has 1 aromatic heterocycles. The van der Waals surface area contributed by atoms with Crippen molar-refractivity contribution in [2.24, 2.45) is 0 Å². The van der Waals surface area contributed by atoms with E-state index in [1.807, 2.05) is 25.1 Å². The highest BCUT2D eigenvalue weighted by atomic mass is 79.9. The number of nitrogens with zero attached hydrogens (tertiary/aromatic N) is 2. The first-order chi connectivity index (χ1) is 7.66. The number of rotatable bonds is 2. The predicted molar refractivity (Wildman–Crippen MR) is 71.9 cm³/mol. The molecule has 0 aliphatic heterocycles. The second kappa shape index (κ2) is 4.93. The highest BCUT2D eigenvalue weighted by molar-refractivity contribution is 9.11. The topological polar surface area (TPSA) is 37.8 Å². The molecule has 82 valence electrons. The summed E-state index contributed by atoms with van der Waals surface area (Å²) in [7, 11) is 0. The van der Waals surface area contributed by atoms with E-state index in [1.165, 1.54) is 5.56 Å². The number of halogens is 2. The first kappa shape index (κ1) is 11.5. The van der Waals surface area contributed by atoms with Crippen LogP contribution >= 0.6 is 31.9 Å². The molecule has 0 amide bonds. The number of benzene rings is 1. The lowest BCUT2D eigenvalue weighted by atomic mass is 10.2. The Hall–Kier alpha value is -0.940. The minimum atomic E-state index is 0.578. The van der Waals surface area contributed by atoms with Gasteiger partial charge in [0.25, 0.3) is 0 Å². The SMILES string of the molecule is Cc1cccc(Nc2ncc(Br)cn2)c1Br. The van der Waals surface area contributed by atoms with Gasteiger partial charge in [-0.05, 0) is 50.4 Å². The van der Waals surface area contributed by atoms with Gasteiger partial charge in [0.1, 0.15) is 0 Å². The maximum Gasteiger partial charge on any atom is 0.227 e. The summed E-state index contributed by atoms with van der Waals surface area (Å²) in [6.45, 7) is 2.04. The molecule has 0 atom stereocenters. The molecule has 1 N–H and O–H groups in total. The van der Waals surface area contributed by atoms with Crippen molar-refractivity contribution in [3.05, 3.63) is 45.1 Å². The van der Waals surface area contributed by atoms with E-state index in [4.69, 9.17) is 0 Å². The van der Waals surface area contributed by atoms with E-state index in [9.17, 15) is 0 Å². The van der Waals surface area contributed by atoms with Crippen molar-refractivity contribution in [1.82, 2.24) is 9.97 Å². The second-order valence-corrected chi connectivity index (χ2v) is 5.00. The van der Waals surface area contributed by atoms with Crippen LogP contribution in [0.25, 0.3) is 0 Å². The minimum absolute atomic E-state index is 0.578. The molecule has 1 heterocycles. The molecule has 0 bridgehead atoms. The van der Waals surface area contributed by atoms with E-state index in [-0.39, 0.29) is 0 Å². The van der Waals surface area contributed by atoms with Gasteiger partial charge in [0.15, 0.2) is 0 Å². The summed E-state index contributed by atoms with van der Waals surface area (Å²) in [6, 6.07) is 6.00. The van der Waals surface area contributed by atoms with E-state index in [1.54, 1.807) is 12.4 Å². The van der Waals surface area contributed by atoms with E-state index >= 15 is 0 Å². The standard InChI is InChI=1S/C11H9Br2N3/c1-7-3-2-4-9(10(7)13)16-11-14-5-8(12)6-15-11/h2-6H,1H3,(H,14,15,16). The Kier molecular flexibility index (Phi) is 3.56. The van der Waals surface area contributed by atoms with Crippen LogP contribution in [0.1, 0.15) is 5.56 Å². The summed E-state index contributed by atoms with van der Waals surface area (Å²) < 4.78 is 1.89. The van der Waals surface area contributed by atoms with Crippen LogP contribution in [0.4, 0.5) is 11.6 Å². The molecule has 2 rings (SSSR count). The predicted octanol–water partition coefficient (Wildman–Crippen LogP) is 4.05.